The molecule has 0 radical (unpaired) electrons. The number of methoxy groups -OCH3 is 1. The summed E-state index contributed by atoms with van der Waals surface area (Å²) in [6.07, 6.45) is 0. The minimum atomic E-state index is -0.958. The zero-order valence-corrected chi connectivity index (χ0v) is 17.6. The summed E-state index contributed by atoms with van der Waals surface area (Å²) in [4.78, 5) is 29.3. The number of fused-ring (bicyclic) bond motifs is 1. The largest absolute Gasteiger partial charge is 0.483 e. The molecule has 158 valence electrons. The van der Waals surface area contributed by atoms with Crippen LogP contribution < -0.4 is 10.1 Å². The first-order valence-corrected chi connectivity index (χ1v) is 10.2. The molecule has 2 heterocycles. The minimum absolute atomic E-state index is 0.0335. The van der Waals surface area contributed by atoms with Gasteiger partial charge < -0.3 is 19.3 Å². The van der Waals surface area contributed by atoms with Crippen LogP contribution in [0.3, 0.4) is 0 Å². The number of rotatable bonds is 7. The van der Waals surface area contributed by atoms with E-state index in [0.29, 0.717) is 17.1 Å². The van der Waals surface area contributed by atoms with Crippen LogP contribution in [0, 0.1) is 6.92 Å². The van der Waals surface area contributed by atoms with Crippen LogP contribution in [0.1, 0.15) is 32.9 Å². The van der Waals surface area contributed by atoms with Crippen molar-refractivity contribution in [3.8, 4) is 5.75 Å². The number of nitrogens with zero attached hydrogens (tertiary/aromatic N) is 2. The fourth-order valence-electron chi connectivity index (χ4n) is 3.03. The molecule has 0 spiro atoms. The predicted molar refractivity (Wildman–Crippen MR) is 114 cm³/mol. The molecule has 1 amide bonds. The summed E-state index contributed by atoms with van der Waals surface area (Å²) < 4.78 is 16.9. The van der Waals surface area contributed by atoms with Crippen LogP contribution >= 0.6 is 11.3 Å². The Balaban J connectivity index is 1.45. The second kappa shape index (κ2) is 8.97. The van der Waals surface area contributed by atoms with E-state index in [4.69, 9.17) is 14.0 Å². The molecule has 0 bridgehead atoms. The molecule has 4 aromatic rings. The Hall–Kier alpha value is -3.72. The first kappa shape index (κ1) is 20.5. The van der Waals surface area contributed by atoms with Crippen molar-refractivity contribution < 1.29 is 23.6 Å². The SMILES string of the molecule is COC(=O)[C@@H](NC(=O)c1cc(COc2cccc3sc(C)nc23)on1)c1ccccc1. The van der Waals surface area contributed by atoms with Gasteiger partial charge in [0.15, 0.2) is 17.5 Å². The van der Waals surface area contributed by atoms with Gasteiger partial charge in [-0.3, -0.25) is 4.79 Å². The van der Waals surface area contributed by atoms with Crippen molar-refractivity contribution in [1.29, 1.82) is 0 Å². The van der Waals surface area contributed by atoms with Crippen LogP contribution in [-0.4, -0.2) is 29.1 Å². The van der Waals surface area contributed by atoms with Gasteiger partial charge in [-0.15, -0.1) is 11.3 Å². The molecule has 8 nitrogen and oxygen atoms in total. The number of para-hydroxylation sites is 1. The number of carbonyl (C=O) groups excluding carboxylic acids is 2. The Kier molecular flexibility index (Phi) is 5.94. The van der Waals surface area contributed by atoms with Crippen molar-refractivity contribution in [2.45, 2.75) is 19.6 Å². The molecule has 1 atom stereocenters. The number of ether oxygens (including phenoxy) is 2. The number of carbonyl (C=O) groups is 2. The summed E-state index contributed by atoms with van der Waals surface area (Å²) in [6, 6.07) is 15.0. The summed E-state index contributed by atoms with van der Waals surface area (Å²) in [5.41, 5.74) is 1.42. The summed E-state index contributed by atoms with van der Waals surface area (Å²) in [5, 5.41) is 7.37. The Bertz CT molecular complexity index is 1220. The summed E-state index contributed by atoms with van der Waals surface area (Å²) in [6.45, 7) is 2.02. The van der Waals surface area contributed by atoms with Gasteiger partial charge in [-0.25, -0.2) is 9.78 Å². The van der Waals surface area contributed by atoms with Crippen LogP contribution in [0.25, 0.3) is 10.2 Å². The van der Waals surface area contributed by atoms with E-state index in [2.05, 4.69) is 15.5 Å². The maximum Gasteiger partial charge on any atom is 0.333 e. The number of hydrogen-bond acceptors (Lipinski definition) is 8. The van der Waals surface area contributed by atoms with E-state index in [9.17, 15) is 9.59 Å². The highest BCUT2D eigenvalue weighted by Crippen LogP contribution is 2.29. The summed E-state index contributed by atoms with van der Waals surface area (Å²) in [5.74, 6) is -0.160. The van der Waals surface area contributed by atoms with Crippen LogP contribution in [0.4, 0.5) is 0 Å². The first-order valence-electron chi connectivity index (χ1n) is 9.43. The number of thiazole rings is 1. The number of amides is 1. The van der Waals surface area contributed by atoms with Crippen molar-refractivity contribution in [3.63, 3.8) is 0 Å². The van der Waals surface area contributed by atoms with E-state index >= 15 is 0 Å². The van der Waals surface area contributed by atoms with Gasteiger partial charge in [0, 0.05) is 6.07 Å². The minimum Gasteiger partial charge on any atom is -0.483 e. The van der Waals surface area contributed by atoms with E-state index in [1.165, 1.54) is 13.2 Å². The standard InChI is InChI=1S/C22H19N3O5S/c1-13-23-20-17(9-6-10-18(20)31-13)29-12-15-11-16(25-30-15)21(26)24-19(22(27)28-2)14-7-4-3-5-8-14/h3-11,19H,12H2,1-2H3,(H,24,26)/t19-/m0/s1. The molecule has 9 heteroatoms. The molecule has 0 aliphatic heterocycles. The van der Waals surface area contributed by atoms with Crippen molar-refractivity contribution in [3.05, 3.63) is 76.6 Å². The smallest absolute Gasteiger partial charge is 0.333 e. The van der Waals surface area contributed by atoms with Gasteiger partial charge in [0.05, 0.1) is 16.8 Å². The third-order valence-electron chi connectivity index (χ3n) is 4.50. The normalized spacial score (nSPS) is 11.8. The number of aryl methyl sites for hydroxylation is 1. The van der Waals surface area contributed by atoms with E-state index < -0.39 is 17.9 Å². The fourth-order valence-corrected chi connectivity index (χ4v) is 3.88. The van der Waals surface area contributed by atoms with E-state index in [0.717, 1.165) is 15.2 Å². The van der Waals surface area contributed by atoms with Crippen LogP contribution in [0.2, 0.25) is 0 Å². The molecule has 1 N–H and O–H groups in total. The van der Waals surface area contributed by atoms with Gasteiger partial charge in [-0.1, -0.05) is 41.6 Å². The predicted octanol–water partition coefficient (Wildman–Crippen LogP) is 3.82. The third kappa shape index (κ3) is 4.56. The molecule has 0 saturated carbocycles. The topological polar surface area (TPSA) is 104 Å². The molecule has 0 fully saturated rings. The Morgan fingerprint density at radius 1 is 1.16 bits per heavy atom. The molecule has 0 saturated heterocycles. The Labute approximate surface area is 181 Å². The lowest BCUT2D eigenvalue weighted by Gasteiger charge is -2.15. The number of benzene rings is 2. The van der Waals surface area contributed by atoms with Gasteiger partial charge >= 0.3 is 5.97 Å². The van der Waals surface area contributed by atoms with Crippen LogP contribution in [0.5, 0.6) is 5.75 Å². The highest BCUT2D eigenvalue weighted by atomic mass is 32.1. The van der Waals surface area contributed by atoms with Crippen molar-refractivity contribution in [1.82, 2.24) is 15.5 Å². The molecule has 0 aliphatic rings. The molecule has 4 rings (SSSR count). The Morgan fingerprint density at radius 3 is 2.74 bits per heavy atom. The number of nitrogens with one attached hydrogen (secondary N) is 1. The quantitative estimate of drug-likeness (QED) is 0.438. The lowest BCUT2D eigenvalue weighted by atomic mass is 10.1. The van der Waals surface area contributed by atoms with Gasteiger partial charge in [0.1, 0.15) is 17.9 Å². The second-order valence-electron chi connectivity index (χ2n) is 6.64. The lowest BCUT2D eigenvalue weighted by molar-refractivity contribution is -0.143. The van der Waals surface area contributed by atoms with Gasteiger partial charge in [0.25, 0.3) is 5.91 Å². The van der Waals surface area contributed by atoms with E-state index in [1.54, 1.807) is 35.6 Å². The maximum absolute atomic E-state index is 12.6. The zero-order valence-electron chi connectivity index (χ0n) is 16.8. The Morgan fingerprint density at radius 2 is 1.97 bits per heavy atom. The van der Waals surface area contributed by atoms with Crippen molar-refractivity contribution in [2.75, 3.05) is 7.11 Å². The molecular formula is C22H19N3O5S. The number of aromatic nitrogens is 2. The van der Waals surface area contributed by atoms with Gasteiger partial charge in [0.2, 0.25) is 0 Å². The lowest BCUT2D eigenvalue weighted by Crippen LogP contribution is -2.34. The molecule has 2 aromatic heterocycles. The monoisotopic (exact) mass is 437 g/mol. The third-order valence-corrected chi connectivity index (χ3v) is 5.43. The van der Waals surface area contributed by atoms with Gasteiger partial charge in [-0.05, 0) is 24.6 Å². The van der Waals surface area contributed by atoms with Gasteiger partial charge in [-0.2, -0.15) is 0 Å². The number of esters is 1. The molecular weight excluding hydrogens is 418 g/mol. The molecule has 0 unspecified atom stereocenters. The summed E-state index contributed by atoms with van der Waals surface area (Å²) in [7, 11) is 1.26. The van der Waals surface area contributed by atoms with E-state index in [-0.39, 0.29) is 12.3 Å². The average Bonchev–Trinajstić information content (AvgIpc) is 3.42. The average molecular weight is 437 g/mol. The molecule has 2 aromatic carbocycles. The molecule has 0 aliphatic carbocycles. The summed E-state index contributed by atoms with van der Waals surface area (Å²) >= 11 is 1.59. The van der Waals surface area contributed by atoms with Crippen molar-refractivity contribution in [2.24, 2.45) is 0 Å². The van der Waals surface area contributed by atoms with Crippen LogP contribution in [-0.2, 0) is 16.1 Å². The first-order chi connectivity index (χ1) is 15.0. The second-order valence-corrected chi connectivity index (χ2v) is 7.88. The maximum atomic E-state index is 12.6. The van der Waals surface area contributed by atoms with Crippen molar-refractivity contribution >= 4 is 33.4 Å². The highest BCUT2D eigenvalue weighted by molar-refractivity contribution is 7.18. The zero-order chi connectivity index (χ0) is 21.8. The molecule has 31 heavy (non-hydrogen) atoms. The van der Waals surface area contributed by atoms with Crippen LogP contribution in [0.15, 0.2) is 59.1 Å². The van der Waals surface area contributed by atoms with E-state index in [1.807, 2.05) is 31.2 Å². The highest BCUT2D eigenvalue weighted by Gasteiger charge is 2.25. The fraction of sp³-hybridized carbons (Fsp3) is 0.182. The number of hydrogen-bond donors (Lipinski definition) is 1.